The molecule has 2 N–H and O–H groups in total. The minimum absolute atomic E-state index is 0.0347. The molecular weight excluding hydrogens is 390 g/mol. The van der Waals surface area contributed by atoms with Crippen molar-refractivity contribution in [3.05, 3.63) is 58.4 Å². The zero-order chi connectivity index (χ0) is 21.2. The first kappa shape index (κ1) is 22.3. The highest BCUT2D eigenvalue weighted by Crippen LogP contribution is 2.25. The molecule has 3 aromatic rings. The number of hydrogen-bond donors (Lipinski definition) is 2. The highest BCUT2D eigenvalue weighted by Gasteiger charge is 2.17. The molecule has 0 radical (unpaired) electrons. The van der Waals surface area contributed by atoms with Crippen molar-refractivity contribution >= 4 is 33.8 Å². The van der Waals surface area contributed by atoms with Crippen LogP contribution in [0, 0.1) is 0 Å². The number of pyridine rings is 1. The Morgan fingerprint density at radius 2 is 1.90 bits per heavy atom. The Labute approximate surface area is 184 Å². The van der Waals surface area contributed by atoms with Gasteiger partial charge in [0, 0.05) is 24.2 Å². The van der Waals surface area contributed by atoms with E-state index in [4.69, 9.17) is 0 Å². The van der Waals surface area contributed by atoms with Gasteiger partial charge in [-0.1, -0.05) is 64.2 Å². The number of hydrogen-bond acceptors (Lipinski definition) is 4. The number of carbonyl (C=O) groups is 1. The number of anilines is 1. The van der Waals surface area contributed by atoms with Crippen molar-refractivity contribution in [2.24, 2.45) is 0 Å². The molecule has 5 heteroatoms. The van der Waals surface area contributed by atoms with E-state index in [1.54, 1.807) is 0 Å². The average Bonchev–Trinajstić information content (AvgIpc) is 3.25. The molecule has 0 saturated heterocycles. The number of para-hydroxylation sites is 1. The monoisotopic (exact) mass is 423 g/mol. The van der Waals surface area contributed by atoms with Crippen LogP contribution in [0.25, 0.3) is 10.9 Å². The van der Waals surface area contributed by atoms with Crippen LogP contribution in [0.3, 0.4) is 0 Å². The van der Waals surface area contributed by atoms with Gasteiger partial charge >= 0.3 is 0 Å². The summed E-state index contributed by atoms with van der Waals surface area (Å²) in [5.74, 6) is 0.0347. The molecule has 0 aliphatic rings. The fourth-order valence-corrected chi connectivity index (χ4v) is 4.52. The van der Waals surface area contributed by atoms with Gasteiger partial charge in [0.1, 0.15) is 4.88 Å². The lowest BCUT2D eigenvalue weighted by molar-refractivity contribution is 0.0938. The van der Waals surface area contributed by atoms with Gasteiger partial charge in [0.25, 0.3) is 5.91 Å². The summed E-state index contributed by atoms with van der Waals surface area (Å²) >= 11 is 1.50. The summed E-state index contributed by atoms with van der Waals surface area (Å²) in [7, 11) is 0. The van der Waals surface area contributed by atoms with Gasteiger partial charge in [0.2, 0.25) is 0 Å². The second-order valence-electron chi connectivity index (χ2n) is 7.79. The summed E-state index contributed by atoms with van der Waals surface area (Å²) in [6.45, 7) is 5.05. The van der Waals surface area contributed by atoms with Crippen molar-refractivity contribution in [2.45, 2.75) is 71.4 Å². The van der Waals surface area contributed by atoms with Crippen LogP contribution in [0.2, 0.25) is 0 Å². The molecule has 2 heterocycles. The predicted molar refractivity (Wildman–Crippen MR) is 128 cm³/mol. The maximum absolute atomic E-state index is 12.9. The quantitative estimate of drug-likeness (QED) is 0.316. The number of nitrogens with zero attached hydrogens (tertiary/aromatic N) is 1. The smallest absolute Gasteiger partial charge is 0.263 e. The molecule has 2 aromatic heterocycles. The van der Waals surface area contributed by atoms with E-state index in [0.29, 0.717) is 6.54 Å². The first-order valence-corrected chi connectivity index (χ1v) is 12.1. The fourth-order valence-electron chi connectivity index (χ4n) is 3.75. The lowest BCUT2D eigenvalue weighted by atomic mass is 10.0. The molecule has 0 saturated carbocycles. The van der Waals surface area contributed by atoms with Gasteiger partial charge in [-0.15, -0.1) is 11.3 Å². The molecule has 3 rings (SSSR count). The van der Waals surface area contributed by atoms with E-state index in [1.807, 2.05) is 41.9 Å². The van der Waals surface area contributed by atoms with Gasteiger partial charge in [-0.3, -0.25) is 9.78 Å². The molecule has 0 spiro atoms. The number of unbranched alkanes of at least 4 members (excludes halogenated alkanes) is 4. The Bertz CT molecular complexity index is 932. The lowest BCUT2D eigenvalue weighted by Crippen LogP contribution is -2.34. The molecule has 1 atom stereocenters. The zero-order valence-corrected chi connectivity index (χ0v) is 18.9. The molecule has 0 fully saturated rings. The maximum atomic E-state index is 12.9. The van der Waals surface area contributed by atoms with E-state index in [-0.39, 0.29) is 11.9 Å². The molecule has 1 aromatic carbocycles. The van der Waals surface area contributed by atoms with Crippen LogP contribution in [0.4, 0.5) is 5.69 Å². The summed E-state index contributed by atoms with van der Waals surface area (Å²) in [4.78, 5) is 18.1. The van der Waals surface area contributed by atoms with Gasteiger partial charge in [-0.25, -0.2) is 0 Å². The fraction of sp³-hybridized carbons (Fsp3) is 0.440. The normalized spacial score (nSPS) is 12.1. The van der Waals surface area contributed by atoms with Crippen molar-refractivity contribution in [1.29, 1.82) is 0 Å². The van der Waals surface area contributed by atoms with Crippen molar-refractivity contribution in [1.82, 2.24) is 10.3 Å². The van der Waals surface area contributed by atoms with E-state index in [2.05, 4.69) is 35.5 Å². The SMILES string of the molecule is CCCCCCCC(CC)NC(=O)c1sccc1NCc1ccnc2ccccc12. The van der Waals surface area contributed by atoms with Crippen molar-refractivity contribution in [3.63, 3.8) is 0 Å². The number of benzene rings is 1. The van der Waals surface area contributed by atoms with Crippen LogP contribution < -0.4 is 10.6 Å². The van der Waals surface area contributed by atoms with Crippen LogP contribution in [0.15, 0.2) is 48.0 Å². The molecule has 0 aliphatic heterocycles. The predicted octanol–water partition coefficient (Wildman–Crippen LogP) is 6.78. The first-order valence-electron chi connectivity index (χ1n) is 11.2. The van der Waals surface area contributed by atoms with Crippen LogP contribution in [-0.2, 0) is 6.54 Å². The number of amides is 1. The van der Waals surface area contributed by atoms with Crippen LogP contribution in [-0.4, -0.2) is 16.9 Å². The third kappa shape index (κ3) is 6.05. The molecule has 1 unspecified atom stereocenters. The van der Waals surface area contributed by atoms with Gasteiger partial charge in [-0.05, 0) is 42.0 Å². The van der Waals surface area contributed by atoms with Crippen LogP contribution in [0.1, 0.15) is 74.0 Å². The summed E-state index contributed by atoms with van der Waals surface area (Å²) in [6, 6.07) is 12.4. The van der Waals surface area contributed by atoms with E-state index in [0.717, 1.165) is 34.3 Å². The van der Waals surface area contributed by atoms with Crippen LogP contribution in [0.5, 0.6) is 0 Å². The third-order valence-electron chi connectivity index (χ3n) is 5.56. The van der Waals surface area contributed by atoms with Gasteiger partial charge in [-0.2, -0.15) is 0 Å². The molecule has 160 valence electrons. The number of aromatic nitrogens is 1. The topological polar surface area (TPSA) is 54.0 Å². The standard InChI is InChI=1S/C25H33N3OS/c1-3-5-6-7-8-11-20(4-2)28-25(29)24-23(15-17-30-24)27-18-19-14-16-26-22-13-10-9-12-21(19)22/h9-10,12-17,20,27H,3-8,11,18H2,1-2H3,(H,28,29). The molecular formula is C25H33N3OS. The van der Waals surface area contributed by atoms with Gasteiger partial charge < -0.3 is 10.6 Å². The van der Waals surface area contributed by atoms with E-state index >= 15 is 0 Å². The van der Waals surface area contributed by atoms with Crippen molar-refractivity contribution in [3.8, 4) is 0 Å². The minimum atomic E-state index is 0.0347. The number of carbonyl (C=O) groups excluding carboxylic acids is 1. The van der Waals surface area contributed by atoms with E-state index in [9.17, 15) is 4.79 Å². The molecule has 1 amide bonds. The second kappa shape index (κ2) is 11.7. The summed E-state index contributed by atoms with van der Waals surface area (Å²) < 4.78 is 0. The molecule has 30 heavy (non-hydrogen) atoms. The number of nitrogens with one attached hydrogen (secondary N) is 2. The molecule has 0 bridgehead atoms. The maximum Gasteiger partial charge on any atom is 0.263 e. The molecule has 4 nitrogen and oxygen atoms in total. The van der Waals surface area contributed by atoms with Gasteiger partial charge in [0.15, 0.2) is 0 Å². The Balaban J connectivity index is 1.58. The second-order valence-corrected chi connectivity index (χ2v) is 8.70. The Morgan fingerprint density at radius 1 is 1.07 bits per heavy atom. The van der Waals surface area contributed by atoms with Crippen molar-refractivity contribution < 1.29 is 4.79 Å². The highest BCUT2D eigenvalue weighted by atomic mass is 32.1. The first-order chi connectivity index (χ1) is 14.7. The van der Waals surface area contributed by atoms with Gasteiger partial charge in [0.05, 0.1) is 11.2 Å². The largest absolute Gasteiger partial charge is 0.380 e. The number of fused-ring (bicyclic) bond motifs is 1. The Hall–Kier alpha value is -2.40. The zero-order valence-electron chi connectivity index (χ0n) is 18.1. The highest BCUT2D eigenvalue weighted by molar-refractivity contribution is 7.12. The summed E-state index contributed by atoms with van der Waals surface area (Å²) in [5.41, 5.74) is 3.07. The Kier molecular flexibility index (Phi) is 8.69. The summed E-state index contributed by atoms with van der Waals surface area (Å²) in [6.07, 6.45) is 10.2. The minimum Gasteiger partial charge on any atom is -0.380 e. The average molecular weight is 424 g/mol. The Morgan fingerprint density at radius 3 is 2.73 bits per heavy atom. The third-order valence-corrected chi connectivity index (χ3v) is 6.48. The lowest BCUT2D eigenvalue weighted by Gasteiger charge is -2.17. The summed E-state index contributed by atoms with van der Waals surface area (Å²) in [5, 5.41) is 9.83. The van der Waals surface area contributed by atoms with E-state index in [1.165, 1.54) is 49.0 Å². The number of thiophene rings is 1. The van der Waals surface area contributed by atoms with Crippen molar-refractivity contribution in [2.75, 3.05) is 5.32 Å². The molecule has 0 aliphatic carbocycles. The van der Waals surface area contributed by atoms with E-state index < -0.39 is 0 Å². The number of rotatable bonds is 12. The van der Waals surface area contributed by atoms with Crippen LogP contribution >= 0.6 is 11.3 Å².